The van der Waals surface area contributed by atoms with Gasteiger partial charge >= 0.3 is 0 Å². The average molecular weight is 302 g/mol. The van der Waals surface area contributed by atoms with E-state index in [1.165, 1.54) is 0 Å². The minimum Gasteiger partial charge on any atom is -0.325 e. The topological polar surface area (TPSA) is 66.5 Å². The first-order chi connectivity index (χ1) is 9.18. The molecule has 2 rings (SSSR count). The molecule has 2 saturated heterocycles. The number of rotatable bonds is 4. The second kappa shape index (κ2) is 5.30. The predicted octanol–water partition coefficient (Wildman–Crippen LogP) is 1.00. The lowest BCUT2D eigenvalue weighted by Crippen LogP contribution is -2.45. The summed E-state index contributed by atoms with van der Waals surface area (Å²) in [6.45, 7) is 8.68. The van der Waals surface area contributed by atoms with Crippen molar-refractivity contribution in [3.63, 3.8) is 0 Å². The van der Waals surface area contributed by atoms with Gasteiger partial charge in [0.1, 0.15) is 0 Å². The van der Waals surface area contributed by atoms with Gasteiger partial charge < -0.3 is 4.90 Å². The maximum atomic E-state index is 12.6. The maximum Gasteiger partial charge on any atom is 0.243 e. The van der Waals surface area contributed by atoms with E-state index in [2.05, 4.69) is 19.2 Å². The molecule has 0 aromatic carbocycles. The van der Waals surface area contributed by atoms with E-state index in [9.17, 15) is 13.2 Å². The number of hydrogen-bond acceptors (Lipinski definition) is 4. The lowest BCUT2D eigenvalue weighted by Gasteiger charge is -2.29. The summed E-state index contributed by atoms with van der Waals surface area (Å²) in [5.74, 6) is 1.01. The van der Waals surface area contributed by atoms with Gasteiger partial charge in [-0.15, -0.1) is 0 Å². The van der Waals surface area contributed by atoms with Crippen molar-refractivity contribution < 1.29 is 13.2 Å². The molecular weight excluding hydrogens is 276 g/mol. The molecule has 0 saturated carbocycles. The fourth-order valence-corrected chi connectivity index (χ4v) is 5.03. The monoisotopic (exact) mass is 302 g/mol. The van der Waals surface area contributed by atoms with Crippen molar-refractivity contribution in [3.05, 3.63) is 0 Å². The normalized spacial score (nSPS) is 37.0. The fraction of sp³-hybridized carbons (Fsp3) is 0.929. The maximum absolute atomic E-state index is 12.6. The van der Waals surface area contributed by atoms with Gasteiger partial charge in [-0.3, -0.25) is 10.1 Å². The Morgan fingerprint density at radius 3 is 2.55 bits per heavy atom. The third-order valence-corrected chi connectivity index (χ3v) is 6.49. The Bertz CT molecular complexity index is 489. The van der Waals surface area contributed by atoms with Crippen LogP contribution in [0.25, 0.3) is 0 Å². The molecule has 116 valence electrons. The summed E-state index contributed by atoms with van der Waals surface area (Å²) < 4.78 is 23.2. The van der Waals surface area contributed by atoms with Crippen LogP contribution in [0, 0.1) is 11.8 Å². The van der Waals surface area contributed by atoms with Crippen LogP contribution in [0.4, 0.5) is 0 Å². The molecular formula is C14H26N2O3S. The van der Waals surface area contributed by atoms with Crippen LogP contribution in [0.1, 0.15) is 40.5 Å². The van der Waals surface area contributed by atoms with Crippen LogP contribution < -0.4 is 5.32 Å². The van der Waals surface area contributed by atoms with Crippen LogP contribution in [-0.2, 0) is 14.6 Å². The van der Waals surface area contributed by atoms with E-state index in [1.807, 2.05) is 18.7 Å². The molecule has 0 radical (unpaired) electrons. The van der Waals surface area contributed by atoms with Crippen LogP contribution in [0.2, 0.25) is 0 Å². The molecule has 0 aromatic heterocycles. The number of hydrogen-bond donors (Lipinski definition) is 1. The Morgan fingerprint density at radius 1 is 1.45 bits per heavy atom. The Morgan fingerprint density at radius 2 is 2.10 bits per heavy atom. The van der Waals surface area contributed by atoms with E-state index in [0.717, 1.165) is 6.42 Å². The zero-order valence-electron chi connectivity index (χ0n) is 12.8. The number of nitrogens with one attached hydrogen (secondary N) is 1. The molecule has 20 heavy (non-hydrogen) atoms. The van der Waals surface area contributed by atoms with E-state index in [1.54, 1.807) is 0 Å². The molecule has 0 aromatic rings. The summed E-state index contributed by atoms with van der Waals surface area (Å²) in [6, 6.07) is 0. The zero-order valence-corrected chi connectivity index (χ0v) is 13.7. The Kier molecular flexibility index (Phi) is 4.17. The number of carbonyl (C=O) groups is 1. The molecule has 1 amide bonds. The zero-order chi connectivity index (χ0) is 15.1. The highest BCUT2D eigenvalue weighted by molar-refractivity contribution is 7.91. The summed E-state index contributed by atoms with van der Waals surface area (Å²) in [5, 5.41) is 3.44. The van der Waals surface area contributed by atoms with Gasteiger partial charge in [0.15, 0.2) is 9.84 Å². The van der Waals surface area contributed by atoms with Gasteiger partial charge in [0.2, 0.25) is 5.91 Å². The van der Waals surface area contributed by atoms with Crippen molar-refractivity contribution >= 4 is 15.7 Å². The summed E-state index contributed by atoms with van der Waals surface area (Å²) in [5.41, 5.74) is -0.508. The first-order valence-electron chi connectivity index (χ1n) is 7.47. The van der Waals surface area contributed by atoms with Gasteiger partial charge in [0.05, 0.1) is 23.2 Å². The van der Waals surface area contributed by atoms with E-state index >= 15 is 0 Å². The van der Waals surface area contributed by atoms with Gasteiger partial charge in [-0.25, -0.2) is 8.42 Å². The van der Waals surface area contributed by atoms with Crippen molar-refractivity contribution in [2.75, 3.05) is 18.1 Å². The Labute approximate surface area is 122 Å². The van der Waals surface area contributed by atoms with Crippen LogP contribution in [0.15, 0.2) is 0 Å². The standard InChI is InChI=1S/C14H26N2O3S/c1-5-14(4)13(17)16(12(15-14)10(2)3)8-11-6-7-20(18,19)9-11/h10-12,15H,5-9H2,1-4H3. The SMILES string of the molecule is CCC1(C)NC(C(C)C)N(CC2CCS(=O)(=O)C2)C1=O. The van der Waals surface area contributed by atoms with E-state index < -0.39 is 15.4 Å². The molecule has 3 unspecified atom stereocenters. The Hall–Kier alpha value is -0.620. The first kappa shape index (κ1) is 15.8. The third kappa shape index (κ3) is 2.86. The fourth-order valence-electron chi connectivity index (χ4n) is 3.18. The smallest absolute Gasteiger partial charge is 0.243 e. The highest BCUT2D eigenvalue weighted by Gasteiger charge is 2.48. The van der Waals surface area contributed by atoms with Crippen molar-refractivity contribution in [2.24, 2.45) is 11.8 Å². The molecule has 3 atom stereocenters. The van der Waals surface area contributed by atoms with Gasteiger partial charge in [-0.1, -0.05) is 20.8 Å². The minimum atomic E-state index is -2.89. The molecule has 2 aliphatic heterocycles. The molecule has 2 aliphatic rings. The second-order valence-corrected chi connectivity index (χ2v) is 8.97. The second-order valence-electron chi connectivity index (χ2n) is 6.75. The summed E-state index contributed by atoms with van der Waals surface area (Å²) in [6.07, 6.45) is 1.43. The van der Waals surface area contributed by atoms with Crippen molar-refractivity contribution in [1.82, 2.24) is 10.2 Å². The van der Waals surface area contributed by atoms with Gasteiger partial charge in [0, 0.05) is 6.54 Å². The molecule has 0 bridgehead atoms. The van der Waals surface area contributed by atoms with Crippen molar-refractivity contribution in [1.29, 1.82) is 0 Å². The number of nitrogens with zero attached hydrogens (tertiary/aromatic N) is 1. The third-order valence-electron chi connectivity index (χ3n) is 4.66. The van der Waals surface area contributed by atoms with Crippen molar-refractivity contribution in [3.8, 4) is 0 Å². The number of carbonyl (C=O) groups excluding carboxylic acids is 1. The van der Waals surface area contributed by atoms with Crippen LogP contribution in [-0.4, -0.2) is 49.0 Å². The van der Waals surface area contributed by atoms with Gasteiger partial charge in [-0.05, 0) is 31.6 Å². The van der Waals surface area contributed by atoms with E-state index in [4.69, 9.17) is 0 Å². The van der Waals surface area contributed by atoms with Crippen LogP contribution in [0.5, 0.6) is 0 Å². The van der Waals surface area contributed by atoms with E-state index in [0.29, 0.717) is 18.9 Å². The lowest BCUT2D eigenvalue weighted by atomic mass is 9.99. The van der Waals surface area contributed by atoms with Gasteiger partial charge in [-0.2, -0.15) is 0 Å². The lowest BCUT2D eigenvalue weighted by molar-refractivity contribution is -0.133. The summed E-state index contributed by atoms with van der Waals surface area (Å²) in [4.78, 5) is 14.5. The minimum absolute atomic E-state index is 0.00996. The highest BCUT2D eigenvalue weighted by Crippen LogP contribution is 2.30. The molecule has 0 spiro atoms. The summed E-state index contributed by atoms with van der Waals surface area (Å²) >= 11 is 0. The molecule has 5 nitrogen and oxygen atoms in total. The molecule has 6 heteroatoms. The first-order valence-corrected chi connectivity index (χ1v) is 9.30. The van der Waals surface area contributed by atoms with Crippen LogP contribution >= 0.6 is 0 Å². The van der Waals surface area contributed by atoms with E-state index in [-0.39, 0.29) is 29.5 Å². The average Bonchev–Trinajstić information content (AvgIpc) is 2.82. The predicted molar refractivity (Wildman–Crippen MR) is 78.9 cm³/mol. The molecule has 1 N–H and O–H groups in total. The quantitative estimate of drug-likeness (QED) is 0.841. The van der Waals surface area contributed by atoms with Crippen molar-refractivity contribution in [2.45, 2.75) is 52.2 Å². The Balaban J connectivity index is 2.14. The molecule has 2 fully saturated rings. The molecule has 0 aliphatic carbocycles. The summed E-state index contributed by atoms with van der Waals surface area (Å²) in [7, 11) is -2.89. The number of amides is 1. The molecule has 2 heterocycles. The van der Waals surface area contributed by atoms with Gasteiger partial charge in [0.25, 0.3) is 0 Å². The number of sulfone groups is 1. The highest BCUT2D eigenvalue weighted by atomic mass is 32.2. The van der Waals surface area contributed by atoms with Crippen LogP contribution in [0.3, 0.4) is 0 Å². The largest absolute Gasteiger partial charge is 0.325 e.